The fourth-order valence-electron chi connectivity index (χ4n) is 3.84. The number of benzene rings is 2. The topological polar surface area (TPSA) is 60.5 Å². The standard InChI is InChI=1S/C22H25N3O2/c23-22(26)18-7-6-9-19-17(18)11-14-25(19)20-8-2-3-10-21(20)27-16-15-24-12-4-1-5-13-24/h2-3,6-11,14H,1,4-5,12-13,15-16H2,(H2,23,26). The first-order valence-electron chi connectivity index (χ1n) is 9.58. The number of hydrogen-bond acceptors (Lipinski definition) is 3. The molecule has 1 aliphatic heterocycles. The number of fused-ring (bicyclic) bond motifs is 1. The van der Waals surface area contributed by atoms with Gasteiger partial charge >= 0.3 is 0 Å². The number of carbonyl (C=O) groups is 1. The Morgan fingerprint density at radius 1 is 1.00 bits per heavy atom. The van der Waals surface area contributed by atoms with E-state index in [4.69, 9.17) is 10.5 Å². The van der Waals surface area contributed by atoms with E-state index in [1.165, 1.54) is 32.4 Å². The van der Waals surface area contributed by atoms with Gasteiger partial charge < -0.3 is 15.0 Å². The molecule has 1 amide bonds. The van der Waals surface area contributed by atoms with E-state index >= 15 is 0 Å². The van der Waals surface area contributed by atoms with E-state index in [1.807, 2.05) is 48.7 Å². The summed E-state index contributed by atoms with van der Waals surface area (Å²) in [5.41, 5.74) is 7.96. The molecule has 0 atom stereocenters. The lowest BCUT2D eigenvalue weighted by Crippen LogP contribution is -2.33. The molecule has 1 saturated heterocycles. The Labute approximate surface area is 159 Å². The molecule has 140 valence electrons. The van der Waals surface area contributed by atoms with Crippen molar-refractivity contribution in [2.75, 3.05) is 26.2 Å². The minimum absolute atomic E-state index is 0.413. The van der Waals surface area contributed by atoms with E-state index < -0.39 is 5.91 Å². The third kappa shape index (κ3) is 3.69. The molecule has 1 fully saturated rings. The number of nitrogens with zero attached hydrogens (tertiary/aromatic N) is 2. The van der Waals surface area contributed by atoms with E-state index in [2.05, 4.69) is 9.47 Å². The smallest absolute Gasteiger partial charge is 0.249 e. The molecule has 0 aliphatic carbocycles. The highest BCUT2D eigenvalue weighted by atomic mass is 16.5. The lowest BCUT2D eigenvalue weighted by Gasteiger charge is -2.26. The number of ether oxygens (including phenoxy) is 1. The van der Waals surface area contributed by atoms with Crippen molar-refractivity contribution in [2.24, 2.45) is 5.73 Å². The maximum absolute atomic E-state index is 11.7. The van der Waals surface area contributed by atoms with Crippen LogP contribution < -0.4 is 10.5 Å². The fraction of sp³-hybridized carbons (Fsp3) is 0.318. The van der Waals surface area contributed by atoms with Crippen LogP contribution in [0.1, 0.15) is 29.6 Å². The second-order valence-electron chi connectivity index (χ2n) is 7.01. The summed E-state index contributed by atoms with van der Waals surface area (Å²) in [6, 6.07) is 15.6. The van der Waals surface area contributed by atoms with E-state index in [0.717, 1.165) is 28.9 Å². The Bertz CT molecular complexity index is 942. The van der Waals surface area contributed by atoms with E-state index in [0.29, 0.717) is 12.2 Å². The summed E-state index contributed by atoms with van der Waals surface area (Å²) in [6.07, 6.45) is 5.88. The Morgan fingerprint density at radius 3 is 2.63 bits per heavy atom. The molecule has 1 aromatic heterocycles. The van der Waals surface area contributed by atoms with Crippen molar-refractivity contribution in [1.82, 2.24) is 9.47 Å². The lowest BCUT2D eigenvalue weighted by atomic mass is 10.1. The van der Waals surface area contributed by atoms with Gasteiger partial charge in [0.1, 0.15) is 12.4 Å². The number of likely N-dealkylation sites (tertiary alicyclic amines) is 1. The number of carbonyl (C=O) groups excluding carboxylic acids is 1. The van der Waals surface area contributed by atoms with Crippen molar-refractivity contribution < 1.29 is 9.53 Å². The minimum atomic E-state index is -0.413. The molecule has 5 heteroatoms. The average Bonchev–Trinajstić information content (AvgIpc) is 3.13. The molecular weight excluding hydrogens is 338 g/mol. The molecule has 2 aromatic carbocycles. The number of para-hydroxylation sites is 2. The van der Waals surface area contributed by atoms with Gasteiger partial charge in [-0.2, -0.15) is 0 Å². The molecule has 5 nitrogen and oxygen atoms in total. The Kier molecular flexibility index (Phi) is 5.12. The van der Waals surface area contributed by atoms with Gasteiger partial charge in [0.05, 0.1) is 11.2 Å². The van der Waals surface area contributed by atoms with Crippen LogP contribution in [0, 0.1) is 0 Å². The van der Waals surface area contributed by atoms with Gasteiger partial charge in [-0.3, -0.25) is 9.69 Å². The number of piperidine rings is 1. The molecule has 0 bridgehead atoms. The monoisotopic (exact) mass is 363 g/mol. The summed E-state index contributed by atoms with van der Waals surface area (Å²) in [4.78, 5) is 14.2. The number of nitrogens with two attached hydrogens (primary N) is 1. The van der Waals surface area contributed by atoms with Crippen LogP contribution in [0.2, 0.25) is 0 Å². The molecule has 0 unspecified atom stereocenters. The normalized spacial score (nSPS) is 15.1. The second kappa shape index (κ2) is 7.84. The Morgan fingerprint density at radius 2 is 1.81 bits per heavy atom. The van der Waals surface area contributed by atoms with E-state index in [1.54, 1.807) is 6.07 Å². The van der Waals surface area contributed by atoms with Crippen LogP contribution in [-0.4, -0.2) is 41.6 Å². The molecule has 0 saturated carbocycles. The van der Waals surface area contributed by atoms with Crippen molar-refractivity contribution in [2.45, 2.75) is 19.3 Å². The van der Waals surface area contributed by atoms with Gasteiger partial charge in [0, 0.05) is 23.7 Å². The predicted molar refractivity (Wildman–Crippen MR) is 108 cm³/mol. The van der Waals surface area contributed by atoms with Crippen LogP contribution in [-0.2, 0) is 0 Å². The summed E-state index contributed by atoms with van der Waals surface area (Å²) in [5.74, 6) is 0.431. The number of amides is 1. The Hall–Kier alpha value is -2.79. The maximum Gasteiger partial charge on any atom is 0.249 e. The van der Waals surface area contributed by atoms with E-state index in [-0.39, 0.29) is 0 Å². The summed E-state index contributed by atoms with van der Waals surface area (Å²) in [7, 11) is 0. The highest BCUT2D eigenvalue weighted by Gasteiger charge is 2.14. The average molecular weight is 363 g/mol. The first kappa shape index (κ1) is 17.6. The third-order valence-electron chi connectivity index (χ3n) is 5.24. The van der Waals surface area contributed by atoms with Crippen molar-refractivity contribution in [3.63, 3.8) is 0 Å². The fourth-order valence-corrected chi connectivity index (χ4v) is 3.84. The SMILES string of the molecule is NC(=O)c1cccc2c1ccn2-c1ccccc1OCCN1CCCCC1. The van der Waals surface area contributed by atoms with Crippen LogP contribution in [0.15, 0.2) is 54.7 Å². The number of aromatic nitrogens is 1. The molecule has 3 aromatic rings. The van der Waals surface area contributed by atoms with Gasteiger partial charge in [0.2, 0.25) is 5.91 Å². The van der Waals surface area contributed by atoms with Crippen molar-refractivity contribution in [3.05, 3.63) is 60.3 Å². The highest BCUT2D eigenvalue weighted by molar-refractivity contribution is 6.06. The molecule has 27 heavy (non-hydrogen) atoms. The van der Waals surface area contributed by atoms with Crippen molar-refractivity contribution in [3.8, 4) is 11.4 Å². The minimum Gasteiger partial charge on any atom is -0.490 e. The third-order valence-corrected chi connectivity index (χ3v) is 5.24. The molecule has 2 N–H and O–H groups in total. The van der Waals surface area contributed by atoms with Gasteiger partial charge in [0.25, 0.3) is 0 Å². The second-order valence-corrected chi connectivity index (χ2v) is 7.01. The summed E-state index contributed by atoms with van der Waals surface area (Å²) >= 11 is 0. The van der Waals surface area contributed by atoms with Crippen LogP contribution in [0.5, 0.6) is 5.75 Å². The quantitative estimate of drug-likeness (QED) is 0.728. The van der Waals surface area contributed by atoms with Crippen molar-refractivity contribution >= 4 is 16.8 Å². The summed E-state index contributed by atoms with van der Waals surface area (Å²) < 4.78 is 8.19. The van der Waals surface area contributed by atoms with Crippen molar-refractivity contribution in [1.29, 1.82) is 0 Å². The number of hydrogen-bond donors (Lipinski definition) is 1. The Balaban J connectivity index is 1.58. The maximum atomic E-state index is 11.7. The zero-order chi connectivity index (χ0) is 18.6. The van der Waals surface area contributed by atoms with Crippen LogP contribution in [0.4, 0.5) is 0 Å². The van der Waals surface area contributed by atoms with Crippen LogP contribution in [0.3, 0.4) is 0 Å². The first-order valence-corrected chi connectivity index (χ1v) is 9.58. The molecule has 1 aliphatic rings. The molecular formula is C22H25N3O2. The molecule has 2 heterocycles. The van der Waals surface area contributed by atoms with Gasteiger partial charge in [-0.15, -0.1) is 0 Å². The van der Waals surface area contributed by atoms with E-state index in [9.17, 15) is 4.79 Å². The first-order chi connectivity index (χ1) is 13.2. The van der Waals surface area contributed by atoms with Gasteiger partial charge in [0.15, 0.2) is 0 Å². The van der Waals surface area contributed by atoms with Gasteiger partial charge in [-0.25, -0.2) is 0 Å². The highest BCUT2D eigenvalue weighted by Crippen LogP contribution is 2.29. The zero-order valence-electron chi connectivity index (χ0n) is 15.4. The summed E-state index contributed by atoms with van der Waals surface area (Å²) in [6.45, 7) is 3.96. The zero-order valence-corrected chi connectivity index (χ0v) is 15.4. The number of rotatable bonds is 6. The largest absolute Gasteiger partial charge is 0.490 e. The lowest BCUT2D eigenvalue weighted by molar-refractivity contribution is 0.100. The molecule has 0 spiro atoms. The van der Waals surface area contributed by atoms with Gasteiger partial charge in [-0.1, -0.05) is 24.6 Å². The predicted octanol–water partition coefficient (Wildman–Crippen LogP) is 3.59. The van der Waals surface area contributed by atoms with Crippen LogP contribution in [0.25, 0.3) is 16.6 Å². The van der Waals surface area contributed by atoms with Crippen LogP contribution >= 0.6 is 0 Å². The number of primary amides is 1. The van der Waals surface area contributed by atoms with Gasteiger partial charge in [-0.05, 0) is 56.3 Å². The molecule has 0 radical (unpaired) electrons. The molecule has 4 rings (SSSR count). The summed E-state index contributed by atoms with van der Waals surface area (Å²) in [5, 5.41) is 0.855.